The van der Waals surface area contributed by atoms with E-state index in [1.54, 1.807) is 4.90 Å². The molecular weight excluding hydrogens is 284 g/mol. The molecule has 0 bridgehead atoms. The van der Waals surface area contributed by atoms with Crippen LogP contribution in [-0.4, -0.2) is 40.9 Å². The molecule has 0 spiro atoms. The summed E-state index contributed by atoms with van der Waals surface area (Å²) in [5, 5.41) is 9.42. The monoisotopic (exact) mass is 308 g/mol. The highest BCUT2D eigenvalue weighted by atomic mass is 16.4. The minimum absolute atomic E-state index is 0.0952. The quantitative estimate of drug-likeness (QED) is 0.764. The Hall–Kier alpha value is -1.85. The molecule has 0 aromatic heterocycles. The number of carboxylic acid groups (broad SMARTS) is 1. The highest BCUT2D eigenvalue weighted by molar-refractivity contribution is 5.86. The first kappa shape index (κ1) is 16.5. The summed E-state index contributed by atoms with van der Waals surface area (Å²) in [7, 11) is 0. The Balaban J connectivity index is 2.08. The van der Waals surface area contributed by atoms with Crippen molar-refractivity contribution in [3.05, 3.63) is 11.1 Å². The van der Waals surface area contributed by atoms with Crippen molar-refractivity contribution < 1.29 is 19.5 Å². The molecule has 0 saturated carbocycles. The number of carbonyl (C=O) groups excluding carboxylic acids is 2. The van der Waals surface area contributed by atoms with E-state index in [1.165, 1.54) is 0 Å². The van der Waals surface area contributed by atoms with Crippen molar-refractivity contribution in [3.8, 4) is 0 Å². The van der Waals surface area contributed by atoms with Gasteiger partial charge >= 0.3 is 5.97 Å². The lowest BCUT2D eigenvalue weighted by Crippen LogP contribution is -2.47. The van der Waals surface area contributed by atoms with Gasteiger partial charge in [0, 0.05) is 19.0 Å². The average Bonchev–Trinajstić information content (AvgIpc) is 2.48. The molecule has 2 aliphatic rings. The van der Waals surface area contributed by atoms with Crippen molar-refractivity contribution in [2.24, 2.45) is 23.5 Å². The first-order chi connectivity index (χ1) is 10.3. The zero-order valence-electron chi connectivity index (χ0n) is 13.2. The van der Waals surface area contributed by atoms with Crippen molar-refractivity contribution in [2.45, 2.75) is 39.5 Å². The Morgan fingerprint density at radius 2 is 1.55 bits per heavy atom. The Morgan fingerprint density at radius 3 is 2.00 bits per heavy atom. The molecular formula is C16H24N2O4. The highest BCUT2D eigenvalue weighted by Crippen LogP contribution is 2.36. The summed E-state index contributed by atoms with van der Waals surface area (Å²) in [6.07, 6.45) is 2.09. The molecule has 1 aliphatic carbocycles. The van der Waals surface area contributed by atoms with Crippen LogP contribution in [0, 0.1) is 17.8 Å². The van der Waals surface area contributed by atoms with Gasteiger partial charge < -0.3 is 15.7 Å². The molecule has 1 aliphatic heterocycles. The Kier molecular flexibility index (Phi) is 4.88. The molecule has 0 radical (unpaired) electrons. The van der Waals surface area contributed by atoms with Crippen molar-refractivity contribution in [1.82, 2.24) is 4.90 Å². The van der Waals surface area contributed by atoms with Crippen LogP contribution in [0.4, 0.5) is 0 Å². The number of rotatable bonds is 3. The van der Waals surface area contributed by atoms with E-state index >= 15 is 0 Å². The number of hydrogen-bond acceptors (Lipinski definition) is 3. The van der Waals surface area contributed by atoms with Gasteiger partial charge in [-0.15, -0.1) is 0 Å². The van der Waals surface area contributed by atoms with Gasteiger partial charge in [-0.1, -0.05) is 11.1 Å². The summed E-state index contributed by atoms with van der Waals surface area (Å²) in [6.45, 7) is 4.87. The van der Waals surface area contributed by atoms with Gasteiger partial charge in [-0.2, -0.15) is 0 Å². The third-order valence-corrected chi connectivity index (χ3v) is 5.11. The van der Waals surface area contributed by atoms with Crippen LogP contribution < -0.4 is 5.73 Å². The van der Waals surface area contributed by atoms with E-state index in [9.17, 15) is 19.5 Å². The maximum absolute atomic E-state index is 12.7. The fourth-order valence-corrected chi connectivity index (χ4v) is 3.43. The third kappa shape index (κ3) is 3.31. The zero-order chi connectivity index (χ0) is 16.4. The number of carboxylic acids is 1. The molecule has 6 heteroatoms. The van der Waals surface area contributed by atoms with Gasteiger partial charge in [0.2, 0.25) is 11.8 Å². The van der Waals surface area contributed by atoms with E-state index in [0.717, 1.165) is 11.1 Å². The van der Waals surface area contributed by atoms with Crippen LogP contribution in [0.1, 0.15) is 39.5 Å². The van der Waals surface area contributed by atoms with Crippen molar-refractivity contribution in [3.63, 3.8) is 0 Å². The van der Waals surface area contributed by atoms with Crippen LogP contribution in [-0.2, 0) is 14.4 Å². The molecule has 2 atom stereocenters. The van der Waals surface area contributed by atoms with Crippen molar-refractivity contribution in [2.75, 3.05) is 13.1 Å². The number of hydrogen-bond donors (Lipinski definition) is 2. The number of nitrogens with two attached hydrogens (primary N) is 1. The molecule has 0 aromatic rings. The van der Waals surface area contributed by atoms with Gasteiger partial charge in [0.25, 0.3) is 0 Å². The lowest BCUT2D eigenvalue weighted by Gasteiger charge is -2.36. The van der Waals surface area contributed by atoms with E-state index in [1.807, 2.05) is 13.8 Å². The van der Waals surface area contributed by atoms with Crippen LogP contribution in [0.5, 0.6) is 0 Å². The molecule has 0 aromatic carbocycles. The number of primary amides is 1. The molecule has 2 rings (SSSR count). The SMILES string of the molecule is CC1=C(C)C[C@@H](C(=O)N2CCC(C(N)=O)CC2)[C@@H](C(=O)O)C1. The lowest BCUT2D eigenvalue weighted by atomic mass is 9.75. The molecule has 0 unspecified atom stereocenters. The van der Waals surface area contributed by atoms with Crippen LogP contribution in [0.25, 0.3) is 0 Å². The summed E-state index contributed by atoms with van der Waals surface area (Å²) in [4.78, 5) is 37.1. The Morgan fingerprint density at radius 1 is 1.05 bits per heavy atom. The molecule has 3 N–H and O–H groups in total. The number of amides is 2. The predicted molar refractivity (Wildman–Crippen MR) is 80.7 cm³/mol. The minimum Gasteiger partial charge on any atom is -0.481 e. The number of aliphatic carboxylic acids is 1. The summed E-state index contributed by atoms with van der Waals surface area (Å²) in [6, 6.07) is 0. The number of piperidine rings is 1. The number of nitrogens with zero attached hydrogens (tertiary/aromatic N) is 1. The fraction of sp³-hybridized carbons (Fsp3) is 0.688. The maximum Gasteiger partial charge on any atom is 0.307 e. The van der Waals surface area contributed by atoms with Gasteiger partial charge in [-0.3, -0.25) is 14.4 Å². The number of allylic oxidation sites excluding steroid dienone is 2. The van der Waals surface area contributed by atoms with E-state index in [0.29, 0.717) is 38.8 Å². The first-order valence-corrected chi connectivity index (χ1v) is 7.77. The molecule has 1 saturated heterocycles. The molecule has 1 heterocycles. The molecule has 1 fully saturated rings. The summed E-state index contributed by atoms with van der Waals surface area (Å²) < 4.78 is 0. The largest absolute Gasteiger partial charge is 0.481 e. The minimum atomic E-state index is -0.905. The first-order valence-electron chi connectivity index (χ1n) is 7.77. The zero-order valence-corrected chi connectivity index (χ0v) is 13.2. The molecule has 22 heavy (non-hydrogen) atoms. The fourth-order valence-electron chi connectivity index (χ4n) is 3.43. The normalized spacial score (nSPS) is 26.9. The molecule has 122 valence electrons. The predicted octanol–water partition coefficient (Wildman–Crippen LogP) is 1.16. The van der Waals surface area contributed by atoms with Gasteiger partial charge in [0.05, 0.1) is 11.8 Å². The van der Waals surface area contributed by atoms with E-state index in [-0.39, 0.29) is 17.7 Å². The maximum atomic E-state index is 12.7. The lowest BCUT2D eigenvalue weighted by molar-refractivity contribution is -0.151. The average molecular weight is 308 g/mol. The van der Waals surface area contributed by atoms with E-state index < -0.39 is 17.8 Å². The third-order valence-electron chi connectivity index (χ3n) is 5.11. The second kappa shape index (κ2) is 6.50. The van der Waals surface area contributed by atoms with Crippen molar-refractivity contribution >= 4 is 17.8 Å². The summed E-state index contributed by atoms with van der Waals surface area (Å²) in [5.41, 5.74) is 7.49. The van der Waals surface area contributed by atoms with Gasteiger partial charge in [0.1, 0.15) is 0 Å². The van der Waals surface area contributed by atoms with Crippen LogP contribution >= 0.6 is 0 Å². The van der Waals surface area contributed by atoms with Crippen LogP contribution in [0.15, 0.2) is 11.1 Å². The number of likely N-dealkylation sites (tertiary alicyclic amines) is 1. The molecule has 2 amide bonds. The van der Waals surface area contributed by atoms with Crippen LogP contribution in [0.2, 0.25) is 0 Å². The van der Waals surface area contributed by atoms with Gasteiger partial charge in [0.15, 0.2) is 0 Å². The number of carbonyl (C=O) groups is 3. The summed E-state index contributed by atoms with van der Waals surface area (Å²) >= 11 is 0. The molecule has 6 nitrogen and oxygen atoms in total. The van der Waals surface area contributed by atoms with Crippen molar-refractivity contribution in [1.29, 1.82) is 0 Å². The topological polar surface area (TPSA) is 101 Å². The van der Waals surface area contributed by atoms with E-state index in [2.05, 4.69) is 0 Å². The second-order valence-electron chi connectivity index (χ2n) is 6.52. The highest BCUT2D eigenvalue weighted by Gasteiger charge is 2.40. The second-order valence-corrected chi connectivity index (χ2v) is 6.52. The Labute approximate surface area is 130 Å². The van der Waals surface area contributed by atoms with E-state index in [4.69, 9.17) is 5.73 Å². The van der Waals surface area contributed by atoms with Gasteiger partial charge in [-0.25, -0.2) is 0 Å². The smallest absolute Gasteiger partial charge is 0.307 e. The van der Waals surface area contributed by atoms with Gasteiger partial charge in [-0.05, 0) is 39.5 Å². The van der Waals surface area contributed by atoms with Crippen LogP contribution in [0.3, 0.4) is 0 Å². The summed E-state index contributed by atoms with van der Waals surface area (Å²) in [5.74, 6) is -2.63. The Bertz CT molecular complexity index is 518. The standard InChI is InChI=1S/C16H24N2O4/c1-9-7-12(13(16(21)22)8-10(9)2)15(20)18-5-3-11(4-6-18)14(17)19/h11-13H,3-8H2,1-2H3,(H2,17,19)(H,21,22)/t12-,13+/m1/s1.